The van der Waals surface area contributed by atoms with Gasteiger partial charge in [0.2, 0.25) is 0 Å². The molecule has 0 atom stereocenters. The zero-order chi connectivity index (χ0) is 26.5. The van der Waals surface area contributed by atoms with Crippen LogP contribution in [0.15, 0.2) is 139 Å². The average Bonchev–Trinajstić information content (AvgIpc) is 3.64. The summed E-state index contributed by atoms with van der Waals surface area (Å²) in [6.07, 6.45) is 0. The summed E-state index contributed by atoms with van der Waals surface area (Å²) in [5, 5.41) is 6.09. The number of para-hydroxylation sites is 1. The van der Waals surface area contributed by atoms with Crippen LogP contribution < -0.4 is 0 Å². The van der Waals surface area contributed by atoms with Crippen LogP contribution in [-0.2, 0) is 0 Å². The van der Waals surface area contributed by atoms with Crippen molar-refractivity contribution in [2.45, 2.75) is 0 Å². The second-order valence-electron chi connectivity index (χ2n) is 9.89. The topological polar surface area (TPSA) is 30.7 Å². The van der Waals surface area contributed by atoms with Gasteiger partial charge in [-0.3, -0.25) is 0 Å². The number of rotatable bonds is 4. The van der Waals surface area contributed by atoms with Gasteiger partial charge in [0, 0.05) is 43.2 Å². The molecule has 3 aromatic heterocycles. The molecule has 0 saturated heterocycles. The molecule has 0 amide bonds. The fraction of sp³-hybridized carbons (Fsp3) is 0. The summed E-state index contributed by atoms with van der Waals surface area (Å²) < 4.78 is 3.69. The molecule has 0 fully saturated rings. The van der Waals surface area contributed by atoms with E-state index in [4.69, 9.17) is 9.97 Å². The second kappa shape index (κ2) is 9.30. The van der Waals surface area contributed by atoms with Crippen LogP contribution in [0.1, 0.15) is 0 Å². The first-order valence-electron chi connectivity index (χ1n) is 13.3. The SMILES string of the molecule is c1ccc(-c2cc(-c3ccc(-n4c5ccccc5c5c6ccsc6ccc54)cc3)nc(-c3ccccc3)n2)cc1. The molecule has 0 spiro atoms. The van der Waals surface area contributed by atoms with Gasteiger partial charge in [0.05, 0.1) is 22.4 Å². The number of fused-ring (bicyclic) bond motifs is 5. The highest BCUT2D eigenvalue weighted by molar-refractivity contribution is 7.17. The van der Waals surface area contributed by atoms with Crippen molar-refractivity contribution >= 4 is 43.2 Å². The fourth-order valence-corrected chi connectivity index (χ4v) is 6.43. The van der Waals surface area contributed by atoms with Gasteiger partial charge in [0.1, 0.15) is 0 Å². The Morgan fingerprint density at radius 2 is 1.15 bits per heavy atom. The van der Waals surface area contributed by atoms with Crippen molar-refractivity contribution in [3.05, 3.63) is 139 Å². The van der Waals surface area contributed by atoms with Crippen molar-refractivity contribution in [2.75, 3.05) is 0 Å². The van der Waals surface area contributed by atoms with E-state index in [-0.39, 0.29) is 0 Å². The molecule has 8 aromatic rings. The lowest BCUT2D eigenvalue weighted by Gasteiger charge is -2.11. The van der Waals surface area contributed by atoms with Crippen molar-refractivity contribution in [3.63, 3.8) is 0 Å². The lowest BCUT2D eigenvalue weighted by molar-refractivity contribution is 1.17. The summed E-state index contributed by atoms with van der Waals surface area (Å²) in [4.78, 5) is 9.94. The van der Waals surface area contributed by atoms with Gasteiger partial charge in [-0.2, -0.15) is 0 Å². The molecule has 0 radical (unpaired) electrons. The van der Waals surface area contributed by atoms with Gasteiger partial charge in [-0.05, 0) is 47.8 Å². The monoisotopic (exact) mass is 529 g/mol. The van der Waals surface area contributed by atoms with E-state index in [1.807, 2.05) is 36.4 Å². The quantitative estimate of drug-likeness (QED) is 0.227. The molecular formula is C36H23N3S. The first-order chi connectivity index (χ1) is 19.8. The maximum atomic E-state index is 5.00. The Balaban J connectivity index is 1.28. The second-order valence-corrected chi connectivity index (χ2v) is 10.8. The van der Waals surface area contributed by atoms with Gasteiger partial charge in [-0.15, -0.1) is 11.3 Å². The number of benzene rings is 5. The van der Waals surface area contributed by atoms with Crippen LogP contribution in [0.2, 0.25) is 0 Å². The molecule has 0 aliphatic heterocycles. The van der Waals surface area contributed by atoms with Crippen LogP contribution in [0.4, 0.5) is 0 Å². The van der Waals surface area contributed by atoms with Crippen molar-refractivity contribution < 1.29 is 0 Å². The summed E-state index contributed by atoms with van der Waals surface area (Å²) in [6.45, 7) is 0. The van der Waals surface area contributed by atoms with Crippen LogP contribution >= 0.6 is 11.3 Å². The molecular weight excluding hydrogens is 506 g/mol. The van der Waals surface area contributed by atoms with Crippen molar-refractivity contribution in [1.82, 2.24) is 14.5 Å². The molecule has 0 aliphatic rings. The molecule has 8 rings (SSSR count). The maximum Gasteiger partial charge on any atom is 0.160 e. The summed E-state index contributed by atoms with van der Waals surface area (Å²) >= 11 is 1.79. The summed E-state index contributed by atoms with van der Waals surface area (Å²) in [5.41, 5.74) is 8.51. The lowest BCUT2D eigenvalue weighted by Crippen LogP contribution is -1.97. The van der Waals surface area contributed by atoms with Crippen LogP contribution in [0.5, 0.6) is 0 Å². The van der Waals surface area contributed by atoms with Crippen LogP contribution in [0.25, 0.3) is 71.5 Å². The minimum absolute atomic E-state index is 0.725. The predicted octanol–water partition coefficient (Wildman–Crippen LogP) is 9.79. The standard InChI is InChI=1S/C36H23N3S/c1-3-9-24(10-4-1)30-23-31(38-36(37-30)26-11-5-2-6-12-26)25-15-17-27(18-16-25)39-32-14-8-7-13-28(32)35-29-21-22-40-34(29)20-19-33(35)39/h1-23H. The minimum Gasteiger partial charge on any atom is -0.309 e. The summed E-state index contributed by atoms with van der Waals surface area (Å²) in [6, 6.07) is 46.8. The molecule has 0 unspecified atom stereocenters. The van der Waals surface area contributed by atoms with Gasteiger partial charge < -0.3 is 4.57 Å². The van der Waals surface area contributed by atoms with E-state index in [0.29, 0.717) is 0 Å². The third-order valence-electron chi connectivity index (χ3n) is 7.52. The molecule has 0 aliphatic carbocycles. The number of hydrogen-bond donors (Lipinski definition) is 0. The Morgan fingerprint density at radius 1 is 0.500 bits per heavy atom. The third kappa shape index (κ3) is 3.73. The first kappa shape index (κ1) is 22.9. The van der Waals surface area contributed by atoms with Crippen molar-refractivity contribution in [3.8, 4) is 39.6 Å². The van der Waals surface area contributed by atoms with Crippen LogP contribution in [0.3, 0.4) is 0 Å². The van der Waals surface area contributed by atoms with Gasteiger partial charge in [0.25, 0.3) is 0 Å². The Kier molecular flexibility index (Phi) is 5.32. The van der Waals surface area contributed by atoms with E-state index in [9.17, 15) is 0 Å². The van der Waals surface area contributed by atoms with Gasteiger partial charge >= 0.3 is 0 Å². The third-order valence-corrected chi connectivity index (χ3v) is 8.40. The summed E-state index contributed by atoms with van der Waals surface area (Å²) in [7, 11) is 0. The maximum absolute atomic E-state index is 5.00. The van der Waals surface area contributed by atoms with Crippen LogP contribution in [0, 0.1) is 0 Å². The molecule has 188 valence electrons. The van der Waals surface area contributed by atoms with E-state index in [2.05, 4.69) is 107 Å². The van der Waals surface area contributed by atoms with E-state index in [1.54, 1.807) is 11.3 Å². The molecule has 0 saturated carbocycles. The lowest BCUT2D eigenvalue weighted by atomic mass is 10.1. The molecule has 5 aromatic carbocycles. The molecule has 0 bridgehead atoms. The average molecular weight is 530 g/mol. The van der Waals surface area contributed by atoms with E-state index in [0.717, 1.165) is 39.6 Å². The predicted molar refractivity (Wildman–Crippen MR) is 168 cm³/mol. The molecule has 4 heteroatoms. The zero-order valence-electron chi connectivity index (χ0n) is 21.5. The number of aromatic nitrogens is 3. The Hall–Kier alpha value is -5.06. The number of thiophene rings is 1. The molecule has 0 N–H and O–H groups in total. The largest absolute Gasteiger partial charge is 0.309 e. The Morgan fingerprint density at radius 3 is 1.90 bits per heavy atom. The normalized spacial score (nSPS) is 11.5. The van der Waals surface area contributed by atoms with Crippen molar-refractivity contribution in [1.29, 1.82) is 0 Å². The number of nitrogens with zero attached hydrogens (tertiary/aromatic N) is 3. The Labute approximate surface area is 235 Å². The fourth-order valence-electron chi connectivity index (χ4n) is 5.64. The van der Waals surface area contributed by atoms with E-state index in [1.165, 1.54) is 31.9 Å². The van der Waals surface area contributed by atoms with Gasteiger partial charge in [-0.25, -0.2) is 9.97 Å². The van der Waals surface area contributed by atoms with Gasteiger partial charge in [0.15, 0.2) is 5.82 Å². The Bertz CT molecular complexity index is 2080. The smallest absolute Gasteiger partial charge is 0.160 e. The van der Waals surface area contributed by atoms with Crippen LogP contribution in [-0.4, -0.2) is 14.5 Å². The highest BCUT2D eigenvalue weighted by atomic mass is 32.1. The molecule has 3 nitrogen and oxygen atoms in total. The zero-order valence-corrected chi connectivity index (χ0v) is 22.3. The van der Waals surface area contributed by atoms with E-state index >= 15 is 0 Å². The number of hydrogen-bond acceptors (Lipinski definition) is 3. The molecule has 3 heterocycles. The first-order valence-corrected chi connectivity index (χ1v) is 14.2. The molecule has 40 heavy (non-hydrogen) atoms. The highest BCUT2D eigenvalue weighted by Crippen LogP contribution is 2.38. The summed E-state index contributed by atoms with van der Waals surface area (Å²) in [5.74, 6) is 0.725. The highest BCUT2D eigenvalue weighted by Gasteiger charge is 2.16. The minimum atomic E-state index is 0.725. The van der Waals surface area contributed by atoms with Gasteiger partial charge in [-0.1, -0.05) is 91.0 Å². The van der Waals surface area contributed by atoms with Crippen molar-refractivity contribution in [2.24, 2.45) is 0 Å². The van der Waals surface area contributed by atoms with E-state index < -0.39 is 0 Å².